The lowest BCUT2D eigenvalue weighted by atomic mass is 10.0. The Hall–Kier alpha value is -1.40. The molecule has 28 heavy (non-hydrogen) atoms. The fourth-order valence-electron chi connectivity index (χ4n) is 5.36. The monoisotopic (exact) mass is 404 g/mol. The molecular weight excluding hydrogens is 372 g/mol. The van der Waals surface area contributed by atoms with Crippen molar-refractivity contribution in [2.75, 3.05) is 24.6 Å². The summed E-state index contributed by atoms with van der Waals surface area (Å²) < 4.78 is 24.1. The van der Waals surface area contributed by atoms with Crippen LogP contribution in [0.15, 0.2) is 30.3 Å². The van der Waals surface area contributed by atoms with Crippen molar-refractivity contribution in [1.82, 2.24) is 9.80 Å². The number of nitrogens with zero attached hydrogens (tertiary/aromatic N) is 2. The standard InChI is InChI=1S/C22H32N2O3S/c25-22(16-23-13-6-11-20(23)15-18-7-2-1-3-8-18)24(19-9-4-5-10-19)21-12-14-28(26,27)17-21/h1-3,7-8,19-21H,4-6,9-17H2. The van der Waals surface area contributed by atoms with Gasteiger partial charge in [0.1, 0.15) is 0 Å². The van der Waals surface area contributed by atoms with Gasteiger partial charge in [0.2, 0.25) is 5.91 Å². The van der Waals surface area contributed by atoms with Crippen LogP contribution >= 0.6 is 0 Å². The summed E-state index contributed by atoms with van der Waals surface area (Å²) in [7, 11) is -2.99. The molecule has 0 spiro atoms. The van der Waals surface area contributed by atoms with Crippen LogP contribution in [-0.2, 0) is 21.1 Å². The molecule has 4 rings (SSSR count). The highest BCUT2D eigenvalue weighted by atomic mass is 32.2. The Morgan fingerprint density at radius 1 is 1.00 bits per heavy atom. The van der Waals surface area contributed by atoms with Crippen molar-refractivity contribution in [2.45, 2.75) is 69.5 Å². The number of sulfone groups is 1. The Kier molecular flexibility index (Phi) is 6.07. The summed E-state index contributed by atoms with van der Waals surface area (Å²) in [6.07, 6.45) is 8.19. The van der Waals surface area contributed by atoms with Crippen molar-refractivity contribution in [3.8, 4) is 0 Å². The van der Waals surface area contributed by atoms with Crippen molar-refractivity contribution in [2.24, 2.45) is 0 Å². The first kappa shape index (κ1) is 19.9. The van der Waals surface area contributed by atoms with E-state index in [0.717, 1.165) is 51.5 Å². The summed E-state index contributed by atoms with van der Waals surface area (Å²) in [5.41, 5.74) is 1.32. The second-order valence-electron chi connectivity index (χ2n) is 8.75. The SMILES string of the molecule is O=C(CN1CCCC1Cc1ccccc1)N(C1CCCC1)C1CCS(=O)(=O)C1. The third-order valence-electron chi connectivity index (χ3n) is 6.76. The van der Waals surface area contributed by atoms with Gasteiger partial charge in [0.05, 0.1) is 18.1 Å². The van der Waals surface area contributed by atoms with E-state index in [1.807, 2.05) is 11.0 Å². The van der Waals surface area contributed by atoms with E-state index in [1.165, 1.54) is 5.56 Å². The minimum Gasteiger partial charge on any atom is -0.335 e. The van der Waals surface area contributed by atoms with Crippen LogP contribution in [0.1, 0.15) is 50.5 Å². The minimum atomic E-state index is -2.99. The zero-order chi connectivity index (χ0) is 19.6. The summed E-state index contributed by atoms with van der Waals surface area (Å²) in [5, 5.41) is 0. The Balaban J connectivity index is 1.44. The van der Waals surface area contributed by atoms with Gasteiger partial charge < -0.3 is 4.90 Å². The van der Waals surface area contributed by atoms with Crippen molar-refractivity contribution in [3.63, 3.8) is 0 Å². The maximum Gasteiger partial charge on any atom is 0.237 e. The zero-order valence-electron chi connectivity index (χ0n) is 16.6. The van der Waals surface area contributed by atoms with Crippen LogP contribution in [0, 0.1) is 0 Å². The van der Waals surface area contributed by atoms with E-state index < -0.39 is 9.84 Å². The number of carbonyl (C=O) groups is 1. The van der Waals surface area contributed by atoms with Gasteiger partial charge >= 0.3 is 0 Å². The molecule has 1 aromatic carbocycles. The summed E-state index contributed by atoms with van der Waals surface area (Å²) in [4.78, 5) is 17.7. The van der Waals surface area contributed by atoms with Crippen molar-refractivity contribution >= 4 is 15.7 Å². The topological polar surface area (TPSA) is 57.7 Å². The number of benzene rings is 1. The Labute approximate surface area is 169 Å². The molecule has 1 aliphatic carbocycles. The highest BCUT2D eigenvalue weighted by Crippen LogP contribution is 2.30. The first-order chi connectivity index (χ1) is 13.5. The van der Waals surface area contributed by atoms with E-state index in [1.54, 1.807) is 0 Å². The zero-order valence-corrected chi connectivity index (χ0v) is 17.4. The number of hydrogen-bond donors (Lipinski definition) is 0. The van der Waals surface area contributed by atoms with E-state index >= 15 is 0 Å². The van der Waals surface area contributed by atoms with Crippen molar-refractivity contribution in [1.29, 1.82) is 0 Å². The Morgan fingerprint density at radius 2 is 1.75 bits per heavy atom. The summed E-state index contributed by atoms with van der Waals surface area (Å²) in [5.74, 6) is 0.533. The van der Waals surface area contributed by atoms with Crippen LogP contribution in [-0.4, -0.2) is 66.8 Å². The van der Waals surface area contributed by atoms with Gasteiger partial charge in [0.15, 0.2) is 9.84 Å². The predicted molar refractivity (Wildman–Crippen MR) is 111 cm³/mol. The van der Waals surface area contributed by atoms with Gasteiger partial charge in [-0.1, -0.05) is 43.2 Å². The molecule has 1 saturated carbocycles. The largest absolute Gasteiger partial charge is 0.335 e. The lowest BCUT2D eigenvalue weighted by molar-refractivity contribution is -0.137. The first-order valence-electron chi connectivity index (χ1n) is 10.8. The normalized spacial score (nSPS) is 28.0. The first-order valence-corrected chi connectivity index (χ1v) is 12.6. The molecule has 0 N–H and O–H groups in total. The highest BCUT2D eigenvalue weighted by Gasteiger charge is 2.40. The second kappa shape index (κ2) is 8.54. The van der Waals surface area contributed by atoms with Gasteiger partial charge in [-0.05, 0) is 50.6 Å². The molecule has 154 valence electrons. The van der Waals surface area contributed by atoms with E-state index in [2.05, 4.69) is 29.2 Å². The molecule has 2 unspecified atom stereocenters. The summed E-state index contributed by atoms with van der Waals surface area (Å²) in [6, 6.07) is 11.0. The number of amides is 1. The molecule has 3 aliphatic rings. The van der Waals surface area contributed by atoms with E-state index in [9.17, 15) is 13.2 Å². The van der Waals surface area contributed by atoms with Gasteiger partial charge in [-0.3, -0.25) is 9.69 Å². The van der Waals surface area contributed by atoms with Gasteiger partial charge in [-0.25, -0.2) is 8.42 Å². The molecule has 1 amide bonds. The smallest absolute Gasteiger partial charge is 0.237 e. The molecule has 2 atom stereocenters. The molecule has 0 radical (unpaired) electrons. The maximum absolute atomic E-state index is 13.4. The van der Waals surface area contributed by atoms with Crippen LogP contribution in [0.5, 0.6) is 0 Å². The van der Waals surface area contributed by atoms with Crippen molar-refractivity contribution in [3.05, 3.63) is 35.9 Å². The molecule has 2 aliphatic heterocycles. The number of hydrogen-bond acceptors (Lipinski definition) is 4. The van der Waals surface area contributed by atoms with Crippen LogP contribution in [0.3, 0.4) is 0 Å². The summed E-state index contributed by atoms with van der Waals surface area (Å²) in [6.45, 7) is 1.40. The molecule has 5 nitrogen and oxygen atoms in total. The van der Waals surface area contributed by atoms with Gasteiger partial charge in [-0.15, -0.1) is 0 Å². The lowest BCUT2D eigenvalue weighted by Gasteiger charge is -2.36. The van der Waals surface area contributed by atoms with Crippen molar-refractivity contribution < 1.29 is 13.2 Å². The fourth-order valence-corrected chi connectivity index (χ4v) is 7.07. The third-order valence-corrected chi connectivity index (χ3v) is 8.51. The molecule has 2 heterocycles. The average Bonchev–Trinajstić information content (AvgIpc) is 3.40. The molecule has 0 aromatic heterocycles. The van der Waals surface area contributed by atoms with Gasteiger partial charge in [-0.2, -0.15) is 0 Å². The van der Waals surface area contributed by atoms with Crippen LogP contribution in [0.4, 0.5) is 0 Å². The molecular formula is C22H32N2O3S. The van der Waals surface area contributed by atoms with E-state index in [-0.39, 0.29) is 29.5 Å². The molecule has 6 heteroatoms. The molecule has 3 fully saturated rings. The molecule has 1 aromatic rings. The fraction of sp³-hybridized carbons (Fsp3) is 0.682. The average molecular weight is 405 g/mol. The van der Waals surface area contributed by atoms with Gasteiger partial charge in [0.25, 0.3) is 0 Å². The third kappa shape index (κ3) is 4.60. The minimum absolute atomic E-state index is 0.115. The van der Waals surface area contributed by atoms with E-state index in [0.29, 0.717) is 19.0 Å². The quantitative estimate of drug-likeness (QED) is 0.731. The number of carbonyl (C=O) groups excluding carboxylic acids is 1. The van der Waals surface area contributed by atoms with Crippen LogP contribution < -0.4 is 0 Å². The van der Waals surface area contributed by atoms with E-state index in [4.69, 9.17) is 0 Å². The second-order valence-corrected chi connectivity index (χ2v) is 11.0. The highest BCUT2D eigenvalue weighted by molar-refractivity contribution is 7.91. The number of rotatable bonds is 6. The lowest BCUT2D eigenvalue weighted by Crippen LogP contribution is -2.51. The maximum atomic E-state index is 13.4. The van der Waals surface area contributed by atoms with Crippen LogP contribution in [0.2, 0.25) is 0 Å². The van der Waals surface area contributed by atoms with Gasteiger partial charge in [0, 0.05) is 18.1 Å². The molecule has 2 saturated heterocycles. The number of likely N-dealkylation sites (tertiary alicyclic amines) is 1. The Bertz CT molecular complexity index is 774. The predicted octanol–water partition coefficient (Wildman–Crippen LogP) is 2.65. The van der Waals surface area contributed by atoms with Crippen LogP contribution in [0.25, 0.3) is 0 Å². The summed E-state index contributed by atoms with van der Waals surface area (Å²) >= 11 is 0. The molecule has 0 bridgehead atoms. The Morgan fingerprint density at radius 3 is 2.43 bits per heavy atom.